The highest BCUT2D eigenvalue weighted by atomic mass is 16.5. The van der Waals surface area contributed by atoms with Crippen molar-refractivity contribution in [2.75, 3.05) is 13.2 Å². The molecule has 6 nitrogen and oxygen atoms in total. The van der Waals surface area contributed by atoms with Crippen LogP contribution >= 0.6 is 0 Å². The van der Waals surface area contributed by atoms with Crippen LogP contribution in [0.15, 0.2) is 24.3 Å². The first-order chi connectivity index (χ1) is 38.0. The lowest BCUT2D eigenvalue weighted by Gasteiger charge is -2.22. The lowest BCUT2D eigenvalue weighted by Crippen LogP contribution is -2.45. The summed E-state index contributed by atoms with van der Waals surface area (Å²) in [7, 11) is 0. The van der Waals surface area contributed by atoms with E-state index < -0.39 is 12.1 Å². The molecule has 0 bridgehead atoms. The minimum atomic E-state index is -0.668. The zero-order chi connectivity index (χ0) is 55.7. The lowest BCUT2D eigenvalue weighted by molar-refractivity contribution is -0.143. The van der Waals surface area contributed by atoms with Gasteiger partial charge in [-0.25, -0.2) is 0 Å². The maximum atomic E-state index is 12.5. The highest BCUT2D eigenvalue weighted by Crippen LogP contribution is 2.19. The minimum Gasteiger partial charge on any atom is -0.466 e. The molecule has 3 N–H and O–H groups in total. The average molecular weight is 1080 g/mol. The Balaban J connectivity index is 3.39. The molecule has 6 heteroatoms. The van der Waals surface area contributed by atoms with Gasteiger partial charge in [-0.15, -0.1) is 0 Å². The predicted molar refractivity (Wildman–Crippen MR) is 338 cm³/mol. The summed E-state index contributed by atoms with van der Waals surface area (Å²) in [6.07, 6.45) is 83.5. The number of rotatable bonds is 66. The minimum absolute atomic E-state index is 0.00648. The summed E-state index contributed by atoms with van der Waals surface area (Å²) in [5.74, 6) is -0.0269. The molecule has 0 aromatic heterocycles. The van der Waals surface area contributed by atoms with Gasteiger partial charge >= 0.3 is 5.97 Å². The summed E-state index contributed by atoms with van der Waals surface area (Å²) < 4.78 is 5.50. The average Bonchev–Trinajstić information content (AvgIpc) is 3.43. The van der Waals surface area contributed by atoms with Crippen LogP contribution in [0.25, 0.3) is 0 Å². The fourth-order valence-electron chi connectivity index (χ4n) is 11.1. The number of carbonyl (C=O) groups excluding carboxylic acids is 2. The van der Waals surface area contributed by atoms with Crippen LogP contribution in [0.5, 0.6) is 0 Å². The molecular weight excluding hydrogens is 947 g/mol. The van der Waals surface area contributed by atoms with Crippen LogP contribution in [0, 0.1) is 0 Å². The molecular formula is C71H137NO5. The Morgan fingerprint density at radius 1 is 0.364 bits per heavy atom. The summed E-state index contributed by atoms with van der Waals surface area (Å²) in [4.78, 5) is 24.7. The van der Waals surface area contributed by atoms with Crippen LogP contribution in [0.4, 0.5) is 0 Å². The Bertz CT molecular complexity index is 1200. The second-order valence-corrected chi connectivity index (χ2v) is 24.2. The number of nitrogens with one attached hydrogen (secondary N) is 1. The molecule has 0 aliphatic rings. The molecule has 0 fully saturated rings. The van der Waals surface area contributed by atoms with Crippen molar-refractivity contribution in [1.29, 1.82) is 0 Å². The van der Waals surface area contributed by atoms with Gasteiger partial charge in [0.05, 0.1) is 25.4 Å². The first kappa shape index (κ1) is 75.3. The van der Waals surface area contributed by atoms with E-state index in [2.05, 4.69) is 43.5 Å². The third-order valence-corrected chi connectivity index (χ3v) is 16.5. The highest BCUT2D eigenvalue weighted by molar-refractivity contribution is 5.76. The van der Waals surface area contributed by atoms with Crippen LogP contribution in [-0.2, 0) is 14.3 Å². The largest absolute Gasteiger partial charge is 0.466 e. The normalized spacial score (nSPS) is 12.6. The van der Waals surface area contributed by atoms with Crippen LogP contribution in [0.1, 0.15) is 393 Å². The fraction of sp³-hybridized carbons (Fsp3) is 0.915. The Morgan fingerprint density at radius 3 is 1.01 bits per heavy atom. The van der Waals surface area contributed by atoms with Crippen molar-refractivity contribution in [3.63, 3.8) is 0 Å². The number of aliphatic hydroxyl groups is 2. The molecule has 0 heterocycles. The molecule has 2 unspecified atom stereocenters. The number of carbonyl (C=O) groups is 2. The van der Waals surface area contributed by atoms with Gasteiger partial charge in [0, 0.05) is 12.8 Å². The Hall–Kier alpha value is -1.66. The van der Waals surface area contributed by atoms with Crippen molar-refractivity contribution >= 4 is 11.9 Å². The number of esters is 1. The molecule has 0 saturated carbocycles. The molecule has 0 aliphatic carbocycles. The molecule has 77 heavy (non-hydrogen) atoms. The van der Waals surface area contributed by atoms with Gasteiger partial charge in [-0.3, -0.25) is 9.59 Å². The van der Waals surface area contributed by atoms with Gasteiger partial charge in [0.1, 0.15) is 0 Å². The quantitative estimate of drug-likeness (QED) is 0.0320. The van der Waals surface area contributed by atoms with Crippen molar-refractivity contribution in [1.82, 2.24) is 5.32 Å². The van der Waals surface area contributed by atoms with Crippen LogP contribution in [0.3, 0.4) is 0 Å². The Morgan fingerprint density at radius 2 is 0.649 bits per heavy atom. The van der Waals surface area contributed by atoms with Gasteiger partial charge in [-0.1, -0.05) is 346 Å². The molecule has 0 radical (unpaired) electrons. The first-order valence-corrected chi connectivity index (χ1v) is 35.1. The zero-order valence-corrected chi connectivity index (χ0v) is 52.2. The first-order valence-electron chi connectivity index (χ1n) is 35.1. The molecule has 0 aromatic carbocycles. The van der Waals surface area contributed by atoms with E-state index in [9.17, 15) is 19.8 Å². The summed E-state index contributed by atoms with van der Waals surface area (Å²) in [5.41, 5.74) is 0. The van der Waals surface area contributed by atoms with Crippen LogP contribution in [0.2, 0.25) is 0 Å². The molecule has 1 amide bonds. The third-order valence-electron chi connectivity index (χ3n) is 16.5. The zero-order valence-electron chi connectivity index (χ0n) is 52.2. The van der Waals surface area contributed by atoms with E-state index in [0.717, 1.165) is 51.4 Å². The van der Waals surface area contributed by atoms with Gasteiger partial charge in [0.2, 0.25) is 5.91 Å². The van der Waals surface area contributed by atoms with Crippen molar-refractivity contribution in [3.8, 4) is 0 Å². The van der Waals surface area contributed by atoms with Gasteiger partial charge in [0.25, 0.3) is 0 Å². The number of amides is 1. The second-order valence-electron chi connectivity index (χ2n) is 24.2. The summed E-state index contributed by atoms with van der Waals surface area (Å²) >= 11 is 0. The van der Waals surface area contributed by atoms with E-state index >= 15 is 0 Å². The number of allylic oxidation sites excluding steroid dienone is 4. The van der Waals surface area contributed by atoms with E-state index in [1.54, 1.807) is 0 Å². The summed E-state index contributed by atoms with van der Waals surface area (Å²) in [5, 5.41) is 23.4. The fourth-order valence-corrected chi connectivity index (χ4v) is 11.1. The van der Waals surface area contributed by atoms with Crippen LogP contribution in [-0.4, -0.2) is 47.4 Å². The van der Waals surface area contributed by atoms with Gasteiger partial charge < -0.3 is 20.3 Å². The van der Waals surface area contributed by atoms with E-state index in [1.165, 1.54) is 308 Å². The lowest BCUT2D eigenvalue weighted by atomic mass is 10.0. The Labute approximate surface area is 481 Å². The molecule has 456 valence electrons. The van der Waals surface area contributed by atoms with E-state index in [-0.39, 0.29) is 18.5 Å². The highest BCUT2D eigenvalue weighted by Gasteiger charge is 2.20. The standard InChI is InChI=1S/C71H137NO5/c1-3-5-7-9-11-13-15-17-19-21-23-24-25-28-31-35-39-43-47-51-55-59-63-69(74)68(67-73)72-70(75)64-60-56-52-48-44-40-36-32-29-26-30-34-38-42-46-50-54-58-62-66-77-71(76)65-61-57-53-49-45-41-37-33-27-22-20-18-16-14-12-10-8-6-4-2/h12,14,18,20,68-69,73-74H,3-11,13,15-17,19,21-67H2,1-2H3,(H,72,75)/b14-12-,20-18-. The second kappa shape index (κ2) is 66.8. The topological polar surface area (TPSA) is 95.9 Å². The van der Waals surface area contributed by atoms with Crippen LogP contribution < -0.4 is 5.32 Å². The number of aliphatic hydroxyl groups excluding tert-OH is 2. The molecule has 0 saturated heterocycles. The molecule has 0 aliphatic heterocycles. The van der Waals surface area contributed by atoms with Crippen molar-refractivity contribution in [2.45, 2.75) is 405 Å². The van der Waals surface area contributed by atoms with Gasteiger partial charge in [-0.05, 0) is 57.8 Å². The van der Waals surface area contributed by atoms with Crippen molar-refractivity contribution < 1.29 is 24.5 Å². The molecule has 0 spiro atoms. The smallest absolute Gasteiger partial charge is 0.305 e. The van der Waals surface area contributed by atoms with Crippen molar-refractivity contribution in [3.05, 3.63) is 24.3 Å². The predicted octanol–water partition coefficient (Wildman–Crippen LogP) is 22.5. The number of hydrogen-bond donors (Lipinski definition) is 3. The van der Waals surface area contributed by atoms with E-state index in [0.29, 0.717) is 25.9 Å². The number of hydrogen-bond acceptors (Lipinski definition) is 5. The number of unbranched alkanes of at least 4 members (excludes halogenated alkanes) is 51. The Kier molecular flexibility index (Phi) is 65.4. The SMILES string of the molecule is CCCCC/C=C\C/C=C\CCCCCCCCCCCC(=O)OCCCCCCCCCCCCCCCCCCCCCC(=O)NC(CO)C(O)CCCCCCCCCCCCCCCCCCCCCCCC. The van der Waals surface area contributed by atoms with Gasteiger partial charge in [-0.2, -0.15) is 0 Å². The monoisotopic (exact) mass is 1080 g/mol. The molecule has 2 atom stereocenters. The summed E-state index contributed by atoms with van der Waals surface area (Å²) in [6, 6.07) is -0.545. The van der Waals surface area contributed by atoms with Crippen molar-refractivity contribution in [2.24, 2.45) is 0 Å². The summed E-state index contributed by atoms with van der Waals surface area (Å²) in [6.45, 7) is 4.96. The van der Waals surface area contributed by atoms with Gasteiger partial charge in [0.15, 0.2) is 0 Å². The maximum absolute atomic E-state index is 12.5. The van der Waals surface area contributed by atoms with E-state index in [4.69, 9.17) is 4.74 Å². The molecule has 0 rings (SSSR count). The third kappa shape index (κ3) is 63.4. The molecule has 0 aromatic rings. The number of ether oxygens (including phenoxy) is 1. The van der Waals surface area contributed by atoms with E-state index in [1.807, 2.05) is 0 Å². The maximum Gasteiger partial charge on any atom is 0.305 e.